The predicted molar refractivity (Wildman–Crippen MR) is 72.3 cm³/mol. The Morgan fingerprint density at radius 2 is 2.16 bits per heavy atom. The fourth-order valence-corrected chi connectivity index (χ4v) is 3.05. The van der Waals surface area contributed by atoms with Crippen molar-refractivity contribution in [1.82, 2.24) is 4.90 Å². The minimum Gasteiger partial charge on any atom is -0.497 e. The zero-order chi connectivity index (χ0) is 13.2. The molecule has 1 N–H and O–H groups in total. The lowest BCUT2D eigenvalue weighted by Crippen LogP contribution is -2.48. The maximum Gasteiger partial charge on any atom is 0.118 e. The van der Waals surface area contributed by atoms with Gasteiger partial charge in [-0.1, -0.05) is 12.1 Å². The number of hydrogen-bond donors (Lipinski definition) is 1. The standard InChI is InChI=1S/C15H21NO3/c1-18-13-6-4-11(5-7-13)15(17)14-9-16-8-2-3-12(16)10-19-14/h4-7,12,14-15,17H,2-3,8-10H2,1H3. The highest BCUT2D eigenvalue weighted by atomic mass is 16.5. The number of aliphatic hydroxyl groups is 1. The van der Waals surface area contributed by atoms with E-state index in [9.17, 15) is 5.11 Å². The van der Waals surface area contributed by atoms with E-state index in [2.05, 4.69) is 4.90 Å². The smallest absolute Gasteiger partial charge is 0.118 e. The zero-order valence-electron chi connectivity index (χ0n) is 11.3. The molecule has 0 saturated carbocycles. The Hall–Kier alpha value is -1.10. The number of aliphatic hydroxyl groups excluding tert-OH is 1. The number of hydrogen-bond acceptors (Lipinski definition) is 4. The summed E-state index contributed by atoms with van der Waals surface area (Å²) >= 11 is 0. The first-order valence-corrected chi connectivity index (χ1v) is 6.95. The first-order chi connectivity index (χ1) is 9.28. The van der Waals surface area contributed by atoms with E-state index in [1.807, 2.05) is 24.3 Å². The van der Waals surface area contributed by atoms with Crippen molar-refractivity contribution in [2.75, 3.05) is 26.8 Å². The molecule has 0 aromatic heterocycles. The molecule has 3 rings (SSSR count). The fourth-order valence-electron chi connectivity index (χ4n) is 3.05. The minimum absolute atomic E-state index is 0.122. The van der Waals surface area contributed by atoms with E-state index in [1.165, 1.54) is 12.8 Å². The maximum absolute atomic E-state index is 10.4. The third-order valence-corrected chi connectivity index (χ3v) is 4.23. The van der Waals surface area contributed by atoms with Gasteiger partial charge in [0, 0.05) is 12.6 Å². The van der Waals surface area contributed by atoms with E-state index in [0.717, 1.165) is 31.0 Å². The molecule has 0 spiro atoms. The first-order valence-electron chi connectivity index (χ1n) is 6.95. The van der Waals surface area contributed by atoms with Crippen LogP contribution in [0.5, 0.6) is 5.75 Å². The molecule has 1 aromatic carbocycles. The molecule has 0 aliphatic carbocycles. The maximum atomic E-state index is 10.4. The predicted octanol–water partition coefficient (Wildman–Crippen LogP) is 1.59. The van der Waals surface area contributed by atoms with Crippen molar-refractivity contribution in [3.8, 4) is 5.75 Å². The Kier molecular flexibility index (Phi) is 3.73. The Balaban J connectivity index is 1.67. The van der Waals surface area contributed by atoms with E-state index < -0.39 is 6.10 Å². The summed E-state index contributed by atoms with van der Waals surface area (Å²) in [7, 11) is 1.64. The van der Waals surface area contributed by atoms with Crippen LogP contribution in [0, 0.1) is 0 Å². The Morgan fingerprint density at radius 3 is 2.89 bits per heavy atom. The molecule has 0 amide bonds. The molecule has 4 heteroatoms. The molecule has 0 bridgehead atoms. The van der Waals surface area contributed by atoms with Gasteiger partial charge in [-0.25, -0.2) is 0 Å². The summed E-state index contributed by atoms with van der Waals surface area (Å²) in [4.78, 5) is 2.45. The summed E-state index contributed by atoms with van der Waals surface area (Å²) < 4.78 is 11.0. The van der Waals surface area contributed by atoms with Gasteiger partial charge in [0.05, 0.1) is 13.7 Å². The van der Waals surface area contributed by atoms with Crippen LogP contribution in [-0.4, -0.2) is 49.0 Å². The second kappa shape index (κ2) is 5.49. The van der Waals surface area contributed by atoms with Crippen molar-refractivity contribution in [3.05, 3.63) is 29.8 Å². The van der Waals surface area contributed by atoms with E-state index in [0.29, 0.717) is 6.04 Å². The van der Waals surface area contributed by atoms with Crippen molar-refractivity contribution in [2.24, 2.45) is 0 Å². The first kappa shape index (κ1) is 12.9. The largest absolute Gasteiger partial charge is 0.497 e. The number of rotatable bonds is 3. The van der Waals surface area contributed by atoms with Gasteiger partial charge < -0.3 is 14.6 Å². The molecule has 2 saturated heterocycles. The second-order valence-corrected chi connectivity index (χ2v) is 5.38. The number of ether oxygens (including phenoxy) is 2. The van der Waals surface area contributed by atoms with Gasteiger partial charge in [-0.15, -0.1) is 0 Å². The number of fused-ring (bicyclic) bond motifs is 1. The van der Waals surface area contributed by atoms with Gasteiger partial charge in [-0.2, -0.15) is 0 Å². The summed E-state index contributed by atoms with van der Waals surface area (Å²) in [5.41, 5.74) is 0.892. The van der Waals surface area contributed by atoms with Gasteiger partial charge in [0.15, 0.2) is 0 Å². The van der Waals surface area contributed by atoms with Crippen LogP contribution in [0.4, 0.5) is 0 Å². The summed E-state index contributed by atoms with van der Waals surface area (Å²) in [5, 5.41) is 10.4. The lowest BCUT2D eigenvalue weighted by Gasteiger charge is -2.37. The Bertz CT molecular complexity index is 420. The average Bonchev–Trinajstić information content (AvgIpc) is 2.94. The number of methoxy groups -OCH3 is 1. The van der Waals surface area contributed by atoms with Crippen LogP contribution in [0.25, 0.3) is 0 Å². The SMILES string of the molecule is COc1ccc(C(O)C2CN3CCCC3CO2)cc1. The molecule has 4 nitrogen and oxygen atoms in total. The van der Waals surface area contributed by atoms with Crippen molar-refractivity contribution in [1.29, 1.82) is 0 Å². The fraction of sp³-hybridized carbons (Fsp3) is 0.600. The highest BCUT2D eigenvalue weighted by Gasteiger charge is 2.35. The summed E-state index contributed by atoms with van der Waals surface area (Å²) in [6.45, 7) is 2.72. The van der Waals surface area contributed by atoms with Crippen LogP contribution in [0.15, 0.2) is 24.3 Å². The highest BCUT2D eigenvalue weighted by molar-refractivity contribution is 5.29. The van der Waals surface area contributed by atoms with Crippen molar-refractivity contribution in [3.63, 3.8) is 0 Å². The Morgan fingerprint density at radius 1 is 1.37 bits per heavy atom. The quantitative estimate of drug-likeness (QED) is 0.899. The van der Waals surface area contributed by atoms with Gasteiger partial charge in [0.2, 0.25) is 0 Å². The average molecular weight is 263 g/mol. The third-order valence-electron chi connectivity index (χ3n) is 4.23. The van der Waals surface area contributed by atoms with Crippen molar-refractivity contribution < 1.29 is 14.6 Å². The molecular weight excluding hydrogens is 242 g/mol. The minimum atomic E-state index is -0.563. The summed E-state index contributed by atoms with van der Waals surface area (Å²) in [6.07, 6.45) is 1.79. The molecule has 2 aliphatic heterocycles. The molecule has 3 atom stereocenters. The monoisotopic (exact) mass is 263 g/mol. The topological polar surface area (TPSA) is 41.9 Å². The van der Waals surface area contributed by atoms with Crippen molar-refractivity contribution >= 4 is 0 Å². The van der Waals surface area contributed by atoms with E-state index in [4.69, 9.17) is 9.47 Å². The molecule has 19 heavy (non-hydrogen) atoms. The van der Waals surface area contributed by atoms with E-state index in [-0.39, 0.29) is 6.10 Å². The van der Waals surface area contributed by atoms with Crippen LogP contribution in [0.2, 0.25) is 0 Å². The van der Waals surface area contributed by atoms with Crippen LogP contribution in [0.3, 0.4) is 0 Å². The van der Waals surface area contributed by atoms with E-state index in [1.54, 1.807) is 7.11 Å². The van der Waals surface area contributed by atoms with Gasteiger partial charge >= 0.3 is 0 Å². The molecule has 2 heterocycles. The second-order valence-electron chi connectivity index (χ2n) is 5.38. The third kappa shape index (κ3) is 2.61. The van der Waals surface area contributed by atoms with Gasteiger partial charge in [0.25, 0.3) is 0 Å². The normalized spacial score (nSPS) is 28.9. The molecule has 2 fully saturated rings. The number of benzene rings is 1. The highest BCUT2D eigenvalue weighted by Crippen LogP contribution is 2.29. The molecule has 2 aliphatic rings. The number of nitrogens with zero attached hydrogens (tertiary/aromatic N) is 1. The van der Waals surface area contributed by atoms with Gasteiger partial charge in [-0.3, -0.25) is 4.90 Å². The van der Waals surface area contributed by atoms with Gasteiger partial charge in [-0.05, 0) is 37.1 Å². The lowest BCUT2D eigenvalue weighted by molar-refractivity contribution is -0.103. The van der Waals surface area contributed by atoms with Gasteiger partial charge in [0.1, 0.15) is 18.0 Å². The van der Waals surface area contributed by atoms with Crippen LogP contribution in [-0.2, 0) is 4.74 Å². The molecule has 3 unspecified atom stereocenters. The van der Waals surface area contributed by atoms with Crippen LogP contribution >= 0.6 is 0 Å². The summed E-state index contributed by atoms with van der Waals surface area (Å²) in [5.74, 6) is 0.806. The molecule has 104 valence electrons. The molecular formula is C15H21NO3. The zero-order valence-corrected chi connectivity index (χ0v) is 11.3. The molecule has 0 radical (unpaired) electrons. The van der Waals surface area contributed by atoms with Crippen molar-refractivity contribution in [2.45, 2.75) is 31.1 Å². The van der Waals surface area contributed by atoms with Crippen LogP contribution in [0.1, 0.15) is 24.5 Å². The number of morpholine rings is 1. The Labute approximate surface area is 113 Å². The molecule has 1 aromatic rings. The van der Waals surface area contributed by atoms with Crippen LogP contribution < -0.4 is 4.74 Å². The summed E-state index contributed by atoms with van der Waals surface area (Å²) in [6, 6.07) is 8.13. The van der Waals surface area contributed by atoms with E-state index >= 15 is 0 Å². The lowest BCUT2D eigenvalue weighted by atomic mass is 10.0.